The molecule has 1 atom stereocenters. The van der Waals surface area contributed by atoms with Crippen molar-refractivity contribution in [2.75, 3.05) is 13.1 Å². The third-order valence-electron chi connectivity index (χ3n) is 2.76. The van der Waals surface area contributed by atoms with Crippen molar-refractivity contribution in [2.45, 2.75) is 19.0 Å². The number of benzene rings is 1. The topological polar surface area (TPSA) is 53.2 Å². The molecule has 0 bridgehead atoms. The van der Waals surface area contributed by atoms with Gasteiger partial charge in [-0.05, 0) is 30.7 Å². The lowest BCUT2D eigenvalue weighted by Crippen LogP contribution is -2.42. The molecule has 1 unspecified atom stereocenters. The first-order valence-electron chi connectivity index (χ1n) is 5.73. The summed E-state index contributed by atoms with van der Waals surface area (Å²) in [5, 5.41) is 8.79. The number of hydrogen-bond donors (Lipinski definition) is 3. The maximum absolute atomic E-state index is 12.6. The van der Waals surface area contributed by atoms with E-state index in [2.05, 4.69) is 16.0 Å². The first kappa shape index (κ1) is 14.7. The second-order valence-corrected chi connectivity index (χ2v) is 4.14. The van der Waals surface area contributed by atoms with Crippen LogP contribution in [0.1, 0.15) is 12.0 Å². The summed E-state index contributed by atoms with van der Waals surface area (Å²) < 4.78 is 12.6. The van der Waals surface area contributed by atoms with Gasteiger partial charge in [-0.15, -0.1) is 12.4 Å². The van der Waals surface area contributed by atoms with E-state index in [0.717, 1.165) is 25.1 Å². The number of nitrogens with one attached hydrogen (secondary N) is 3. The third-order valence-corrected chi connectivity index (χ3v) is 2.76. The molecule has 2 amide bonds. The van der Waals surface area contributed by atoms with Gasteiger partial charge in [-0.1, -0.05) is 12.1 Å². The minimum absolute atomic E-state index is 0. The lowest BCUT2D eigenvalue weighted by Gasteiger charge is -2.12. The first-order chi connectivity index (χ1) is 8.24. The van der Waals surface area contributed by atoms with Gasteiger partial charge in [0.15, 0.2) is 0 Å². The minimum Gasteiger partial charge on any atom is -0.334 e. The normalized spacial score (nSPS) is 17.9. The van der Waals surface area contributed by atoms with Crippen molar-refractivity contribution in [3.8, 4) is 0 Å². The predicted molar refractivity (Wildman–Crippen MR) is 70.3 cm³/mol. The van der Waals surface area contributed by atoms with E-state index in [1.165, 1.54) is 12.1 Å². The Balaban J connectivity index is 0.00000162. The molecule has 0 aromatic heterocycles. The molecule has 0 aliphatic carbocycles. The average molecular weight is 274 g/mol. The summed E-state index contributed by atoms with van der Waals surface area (Å²) in [5.74, 6) is -0.268. The van der Waals surface area contributed by atoms with Crippen LogP contribution < -0.4 is 16.0 Å². The zero-order valence-corrected chi connectivity index (χ0v) is 10.7. The summed E-state index contributed by atoms with van der Waals surface area (Å²) in [4.78, 5) is 11.5. The third kappa shape index (κ3) is 4.50. The van der Waals surface area contributed by atoms with Gasteiger partial charge in [0.2, 0.25) is 0 Å². The Morgan fingerprint density at radius 1 is 1.39 bits per heavy atom. The Morgan fingerprint density at radius 3 is 2.72 bits per heavy atom. The summed E-state index contributed by atoms with van der Waals surface area (Å²) in [6, 6.07) is 6.12. The fourth-order valence-corrected chi connectivity index (χ4v) is 1.80. The van der Waals surface area contributed by atoms with Crippen molar-refractivity contribution >= 4 is 18.4 Å². The summed E-state index contributed by atoms with van der Waals surface area (Å²) in [7, 11) is 0. The summed E-state index contributed by atoms with van der Waals surface area (Å²) in [6.45, 7) is 2.18. The zero-order chi connectivity index (χ0) is 12.1. The lowest BCUT2D eigenvalue weighted by atomic mass is 10.2. The quantitative estimate of drug-likeness (QED) is 0.780. The molecular formula is C12H17ClFN3O. The Kier molecular flexibility index (Phi) is 5.88. The molecule has 1 aliphatic rings. The van der Waals surface area contributed by atoms with Gasteiger partial charge in [0.25, 0.3) is 0 Å². The van der Waals surface area contributed by atoms with Gasteiger partial charge in [-0.25, -0.2) is 9.18 Å². The molecule has 1 aromatic carbocycles. The highest BCUT2D eigenvalue weighted by Crippen LogP contribution is 2.02. The van der Waals surface area contributed by atoms with E-state index in [0.29, 0.717) is 6.54 Å². The molecule has 18 heavy (non-hydrogen) atoms. The predicted octanol–water partition coefficient (Wildman–Crippen LogP) is 1.41. The highest BCUT2D eigenvalue weighted by molar-refractivity contribution is 5.85. The number of carbonyl (C=O) groups excluding carboxylic acids is 1. The van der Waals surface area contributed by atoms with Gasteiger partial charge in [-0.2, -0.15) is 0 Å². The summed E-state index contributed by atoms with van der Waals surface area (Å²) in [6.07, 6.45) is 0.962. The average Bonchev–Trinajstić information content (AvgIpc) is 2.81. The molecule has 6 heteroatoms. The maximum Gasteiger partial charge on any atom is 0.315 e. The fraction of sp³-hybridized carbons (Fsp3) is 0.417. The van der Waals surface area contributed by atoms with E-state index in [1.807, 2.05) is 0 Å². The second-order valence-electron chi connectivity index (χ2n) is 4.14. The van der Waals surface area contributed by atoms with E-state index in [1.54, 1.807) is 12.1 Å². The van der Waals surface area contributed by atoms with Gasteiger partial charge in [-0.3, -0.25) is 0 Å². The smallest absolute Gasteiger partial charge is 0.315 e. The van der Waals surface area contributed by atoms with Gasteiger partial charge < -0.3 is 16.0 Å². The Bertz CT molecular complexity index is 379. The summed E-state index contributed by atoms with van der Waals surface area (Å²) >= 11 is 0. The molecule has 4 nitrogen and oxygen atoms in total. The van der Waals surface area contributed by atoms with Crippen LogP contribution in [0.4, 0.5) is 9.18 Å². The van der Waals surface area contributed by atoms with Crippen LogP contribution in [0.25, 0.3) is 0 Å². The molecule has 1 heterocycles. The Morgan fingerprint density at radius 2 is 2.11 bits per heavy atom. The van der Waals surface area contributed by atoms with E-state index in [4.69, 9.17) is 0 Å². The molecule has 0 spiro atoms. The fourth-order valence-electron chi connectivity index (χ4n) is 1.80. The molecule has 0 radical (unpaired) electrons. The van der Waals surface area contributed by atoms with Crippen LogP contribution in [0, 0.1) is 5.82 Å². The van der Waals surface area contributed by atoms with Crippen LogP contribution in [0.15, 0.2) is 24.3 Å². The largest absolute Gasteiger partial charge is 0.334 e. The van der Waals surface area contributed by atoms with Crippen LogP contribution in [-0.2, 0) is 6.54 Å². The number of carbonyl (C=O) groups is 1. The van der Waals surface area contributed by atoms with Crippen LogP contribution in [0.5, 0.6) is 0 Å². The number of hydrogen-bond acceptors (Lipinski definition) is 2. The highest BCUT2D eigenvalue weighted by atomic mass is 35.5. The summed E-state index contributed by atoms with van der Waals surface area (Å²) in [5.41, 5.74) is 0.881. The number of urea groups is 1. The SMILES string of the molecule is Cl.O=C(NCc1ccc(F)cc1)NC1CCNC1. The molecule has 2 rings (SSSR count). The van der Waals surface area contributed by atoms with Crippen molar-refractivity contribution in [1.29, 1.82) is 0 Å². The van der Waals surface area contributed by atoms with Gasteiger partial charge in [0.05, 0.1) is 0 Å². The van der Waals surface area contributed by atoms with Crippen LogP contribution in [-0.4, -0.2) is 25.2 Å². The van der Waals surface area contributed by atoms with Crippen LogP contribution in [0.2, 0.25) is 0 Å². The zero-order valence-electron chi connectivity index (χ0n) is 9.91. The minimum atomic E-state index is -0.268. The van der Waals surface area contributed by atoms with E-state index in [-0.39, 0.29) is 30.3 Å². The monoisotopic (exact) mass is 273 g/mol. The van der Waals surface area contributed by atoms with Crippen LogP contribution >= 0.6 is 12.4 Å². The van der Waals surface area contributed by atoms with Crippen molar-refractivity contribution < 1.29 is 9.18 Å². The van der Waals surface area contributed by atoms with E-state index < -0.39 is 0 Å². The van der Waals surface area contributed by atoms with Gasteiger partial charge in [0, 0.05) is 19.1 Å². The number of halogens is 2. The van der Waals surface area contributed by atoms with Gasteiger partial charge in [0.1, 0.15) is 5.82 Å². The van der Waals surface area contributed by atoms with Crippen molar-refractivity contribution in [3.63, 3.8) is 0 Å². The van der Waals surface area contributed by atoms with Crippen molar-refractivity contribution in [2.24, 2.45) is 0 Å². The first-order valence-corrected chi connectivity index (χ1v) is 5.73. The van der Waals surface area contributed by atoms with E-state index in [9.17, 15) is 9.18 Å². The standard InChI is InChI=1S/C12H16FN3O.ClH/c13-10-3-1-9(2-4-10)7-15-12(17)16-11-5-6-14-8-11;/h1-4,11,14H,5-8H2,(H2,15,16,17);1H. The number of rotatable bonds is 3. The molecule has 3 N–H and O–H groups in total. The molecular weight excluding hydrogens is 257 g/mol. The van der Waals surface area contributed by atoms with Crippen molar-refractivity contribution in [1.82, 2.24) is 16.0 Å². The molecule has 1 aliphatic heterocycles. The Hall–Kier alpha value is -1.33. The lowest BCUT2D eigenvalue weighted by molar-refractivity contribution is 0.237. The molecule has 0 saturated carbocycles. The van der Waals surface area contributed by atoms with Crippen LogP contribution in [0.3, 0.4) is 0 Å². The van der Waals surface area contributed by atoms with Crippen molar-refractivity contribution in [3.05, 3.63) is 35.6 Å². The molecule has 1 saturated heterocycles. The highest BCUT2D eigenvalue weighted by Gasteiger charge is 2.15. The molecule has 1 fully saturated rings. The Labute approximate surface area is 112 Å². The second kappa shape index (κ2) is 7.18. The molecule has 100 valence electrons. The van der Waals surface area contributed by atoms with E-state index >= 15 is 0 Å². The number of amides is 2. The van der Waals surface area contributed by atoms with Gasteiger partial charge >= 0.3 is 6.03 Å². The maximum atomic E-state index is 12.6. The molecule has 1 aromatic rings.